The zero-order valence-corrected chi connectivity index (χ0v) is 17.8. The lowest BCUT2D eigenvalue weighted by molar-refractivity contribution is -0.122. The Bertz CT molecular complexity index is 1000. The summed E-state index contributed by atoms with van der Waals surface area (Å²) in [6.45, 7) is 2.57. The van der Waals surface area contributed by atoms with Gasteiger partial charge in [-0.05, 0) is 43.4 Å². The molecule has 1 amide bonds. The van der Waals surface area contributed by atoms with Gasteiger partial charge < -0.3 is 4.57 Å². The van der Waals surface area contributed by atoms with E-state index < -0.39 is 16.1 Å². The zero-order valence-electron chi connectivity index (χ0n) is 16.1. The molecule has 0 spiro atoms. The summed E-state index contributed by atoms with van der Waals surface area (Å²) < 4.78 is 28.3. The second-order valence-corrected chi connectivity index (χ2v) is 10.1. The molecule has 0 N–H and O–H groups in total. The molecule has 1 aromatic heterocycles. The van der Waals surface area contributed by atoms with Crippen LogP contribution in [0.5, 0.6) is 0 Å². The minimum Gasteiger partial charge on any atom is -0.319 e. The predicted molar refractivity (Wildman–Crippen MR) is 109 cm³/mol. The van der Waals surface area contributed by atoms with Gasteiger partial charge in [0.25, 0.3) is 5.91 Å². The third-order valence-electron chi connectivity index (χ3n) is 5.06. The Morgan fingerprint density at radius 1 is 1.33 bits per heavy atom. The maximum absolute atomic E-state index is 12.8. The Hall–Kier alpha value is -1.51. The molecule has 1 aliphatic heterocycles. The Morgan fingerprint density at radius 3 is 2.81 bits per heavy atom. The van der Waals surface area contributed by atoms with Crippen LogP contribution in [0, 0.1) is 0 Å². The van der Waals surface area contributed by atoms with Crippen LogP contribution in [0.15, 0.2) is 23.2 Å². The van der Waals surface area contributed by atoms with Gasteiger partial charge in [0, 0.05) is 13.6 Å². The fourth-order valence-corrected chi connectivity index (χ4v) is 5.75. The first-order valence-electron chi connectivity index (χ1n) is 9.45. The quantitative estimate of drug-likeness (QED) is 0.762. The number of rotatable bonds is 5. The smallest absolute Gasteiger partial charge is 0.266 e. The van der Waals surface area contributed by atoms with E-state index in [0.29, 0.717) is 17.8 Å². The molecule has 8 heteroatoms. The van der Waals surface area contributed by atoms with Crippen LogP contribution in [0.1, 0.15) is 44.6 Å². The summed E-state index contributed by atoms with van der Waals surface area (Å²) in [5.74, 6) is -0.367. The van der Waals surface area contributed by atoms with Crippen molar-refractivity contribution >= 4 is 37.5 Å². The summed E-state index contributed by atoms with van der Waals surface area (Å²) in [5.41, 5.74) is 2.33. The van der Waals surface area contributed by atoms with E-state index >= 15 is 0 Å². The highest BCUT2D eigenvalue weighted by Crippen LogP contribution is 2.22. The number of hydrogen-bond donors (Lipinski definition) is 0. The van der Waals surface area contributed by atoms with E-state index in [1.165, 1.54) is 21.2 Å². The number of piperidine rings is 1. The Labute approximate surface area is 164 Å². The van der Waals surface area contributed by atoms with Crippen molar-refractivity contribution in [3.8, 4) is 0 Å². The molecular weight excluding hydrogens is 382 g/mol. The third kappa shape index (κ3) is 4.50. The standard InChI is InChI=1S/C19H27N3O3S2/c1-4-5-8-14-10-11-15-17(13-14)26-19(21(15)2)20-18(23)16-9-6-7-12-22(16)27(3,24)25/h10-11,13,16H,4-9,12H2,1-3H3. The summed E-state index contributed by atoms with van der Waals surface area (Å²) in [5, 5.41) is 0. The monoisotopic (exact) mass is 409 g/mol. The fourth-order valence-electron chi connectivity index (χ4n) is 3.54. The van der Waals surface area contributed by atoms with Crippen molar-refractivity contribution in [1.29, 1.82) is 0 Å². The van der Waals surface area contributed by atoms with Crippen molar-refractivity contribution in [1.82, 2.24) is 8.87 Å². The molecule has 3 rings (SSSR count). The Balaban J connectivity index is 1.94. The van der Waals surface area contributed by atoms with Gasteiger partial charge in [0.2, 0.25) is 10.0 Å². The zero-order chi connectivity index (χ0) is 19.6. The third-order valence-corrected chi connectivity index (χ3v) is 7.45. The van der Waals surface area contributed by atoms with Gasteiger partial charge in [-0.25, -0.2) is 8.42 Å². The number of unbranched alkanes of at least 4 members (excludes halogenated alkanes) is 1. The highest BCUT2D eigenvalue weighted by atomic mass is 32.2. The maximum Gasteiger partial charge on any atom is 0.266 e. The van der Waals surface area contributed by atoms with Crippen molar-refractivity contribution in [3.05, 3.63) is 28.6 Å². The minimum absolute atomic E-state index is 0.367. The van der Waals surface area contributed by atoms with Crippen molar-refractivity contribution in [2.75, 3.05) is 12.8 Å². The average molecular weight is 410 g/mol. The molecule has 6 nitrogen and oxygen atoms in total. The van der Waals surface area contributed by atoms with Gasteiger partial charge in [-0.15, -0.1) is 0 Å². The van der Waals surface area contributed by atoms with E-state index in [-0.39, 0.29) is 5.91 Å². The molecule has 0 bridgehead atoms. The van der Waals surface area contributed by atoms with Gasteiger partial charge in [-0.3, -0.25) is 4.79 Å². The summed E-state index contributed by atoms with van der Waals surface area (Å²) in [6, 6.07) is 5.69. The summed E-state index contributed by atoms with van der Waals surface area (Å²) in [6.07, 6.45) is 6.68. The van der Waals surface area contributed by atoms with Crippen LogP contribution < -0.4 is 4.80 Å². The number of nitrogens with zero attached hydrogens (tertiary/aromatic N) is 3. The summed E-state index contributed by atoms with van der Waals surface area (Å²) in [7, 11) is -1.52. The number of sulfonamides is 1. The van der Waals surface area contributed by atoms with Gasteiger partial charge in [0.05, 0.1) is 16.5 Å². The number of amides is 1. The second-order valence-electron chi connectivity index (χ2n) is 7.18. The molecule has 0 aliphatic carbocycles. The average Bonchev–Trinajstić information content (AvgIpc) is 2.94. The number of aromatic nitrogens is 1. The Morgan fingerprint density at radius 2 is 2.11 bits per heavy atom. The van der Waals surface area contributed by atoms with Crippen LogP contribution >= 0.6 is 11.3 Å². The molecule has 1 unspecified atom stereocenters. The number of carbonyl (C=O) groups is 1. The van der Waals surface area contributed by atoms with Gasteiger partial charge in [-0.2, -0.15) is 9.30 Å². The van der Waals surface area contributed by atoms with Gasteiger partial charge in [-0.1, -0.05) is 37.2 Å². The number of thiazole rings is 1. The lowest BCUT2D eigenvalue weighted by atomic mass is 10.0. The highest BCUT2D eigenvalue weighted by Gasteiger charge is 2.34. The maximum atomic E-state index is 12.8. The van der Waals surface area contributed by atoms with E-state index in [9.17, 15) is 13.2 Å². The van der Waals surface area contributed by atoms with Crippen LogP contribution in [-0.2, 0) is 28.3 Å². The second kappa shape index (κ2) is 8.24. The number of aryl methyl sites for hydroxylation is 2. The number of hydrogen-bond acceptors (Lipinski definition) is 4. The van der Waals surface area contributed by atoms with Crippen LogP contribution in [0.25, 0.3) is 10.2 Å². The topological polar surface area (TPSA) is 71.7 Å². The molecule has 148 valence electrons. The van der Waals surface area contributed by atoms with E-state index in [1.54, 1.807) is 0 Å². The van der Waals surface area contributed by atoms with Gasteiger partial charge in [0.1, 0.15) is 6.04 Å². The molecule has 1 fully saturated rings. The molecule has 1 saturated heterocycles. The fraction of sp³-hybridized carbons (Fsp3) is 0.579. The predicted octanol–water partition coefficient (Wildman–Crippen LogP) is 2.82. The molecule has 1 atom stereocenters. The van der Waals surface area contributed by atoms with Crippen LogP contribution in [-0.4, -0.2) is 42.0 Å². The number of fused-ring (bicyclic) bond motifs is 1. The van der Waals surface area contributed by atoms with Crippen LogP contribution in [0.2, 0.25) is 0 Å². The lowest BCUT2D eigenvalue weighted by Crippen LogP contribution is -2.47. The first-order chi connectivity index (χ1) is 12.8. The summed E-state index contributed by atoms with van der Waals surface area (Å²) in [4.78, 5) is 17.7. The molecule has 27 heavy (non-hydrogen) atoms. The van der Waals surface area contributed by atoms with Crippen molar-refractivity contribution in [2.45, 2.75) is 51.5 Å². The molecule has 0 radical (unpaired) electrons. The summed E-state index contributed by atoms with van der Waals surface area (Å²) >= 11 is 1.48. The van der Waals surface area contributed by atoms with Crippen molar-refractivity contribution in [3.63, 3.8) is 0 Å². The molecular formula is C19H27N3O3S2. The number of benzene rings is 1. The Kier molecular flexibility index (Phi) is 6.18. The van der Waals surface area contributed by atoms with E-state index in [4.69, 9.17) is 0 Å². The first-order valence-corrected chi connectivity index (χ1v) is 12.1. The molecule has 1 aliphatic rings. The highest BCUT2D eigenvalue weighted by molar-refractivity contribution is 7.88. The van der Waals surface area contributed by atoms with Gasteiger partial charge >= 0.3 is 0 Å². The van der Waals surface area contributed by atoms with Crippen molar-refractivity contribution < 1.29 is 13.2 Å². The molecule has 2 aromatic rings. The normalized spacial score (nSPS) is 19.7. The first kappa shape index (κ1) is 20.2. The van der Waals surface area contributed by atoms with Crippen LogP contribution in [0.4, 0.5) is 0 Å². The molecule has 1 aromatic carbocycles. The van der Waals surface area contributed by atoms with Gasteiger partial charge in [0.15, 0.2) is 4.80 Å². The van der Waals surface area contributed by atoms with E-state index in [1.807, 2.05) is 11.6 Å². The van der Waals surface area contributed by atoms with E-state index in [2.05, 4.69) is 30.1 Å². The largest absolute Gasteiger partial charge is 0.319 e. The molecule has 0 saturated carbocycles. The molecule has 2 heterocycles. The SMILES string of the molecule is CCCCc1ccc2c(c1)sc(=NC(=O)C1CCCCN1S(C)(=O)=O)n2C. The minimum atomic E-state index is -3.41. The van der Waals surface area contributed by atoms with E-state index in [0.717, 1.165) is 48.6 Å². The number of carbonyl (C=O) groups excluding carboxylic acids is 1. The lowest BCUT2D eigenvalue weighted by Gasteiger charge is -2.31. The van der Waals surface area contributed by atoms with Crippen LogP contribution in [0.3, 0.4) is 0 Å². The van der Waals surface area contributed by atoms with Crippen molar-refractivity contribution in [2.24, 2.45) is 12.0 Å².